The molecule has 0 spiro atoms. The molecule has 23 heavy (non-hydrogen) atoms. The quantitative estimate of drug-likeness (QED) is 0.382. The number of allylic oxidation sites excluding steroid dienone is 1. The second kappa shape index (κ2) is 7.51. The molecule has 7 heteroatoms. The van der Waals surface area contributed by atoms with E-state index in [1.807, 2.05) is 0 Å². The van der Waals surface area contributed by atoms with Crippen molar-refractivity contribution >= 4 is 29.6 Å². The van der Waals surface area contributed by atoms with E-state index in [2.05, 4.69) is 10.5 Å². The number of nitrogen functional groups attached to an aromatic ring is 1. The Hall–Kier alpha value is -3.48. The first-order chi connectivity index (χ1) is 11.1. The number of anilines is 1. The first kappa shape index (κ1) is 15.9. The summed E-state index contributed by atoms with van der Waals surface area (Å²) < 4.78 is 0. The van der Waals surface area contributed by atoms with E-state index in [1.165, 1.54) is 18.3 Å². The van der Waals surface area contributed by atoms with Crippen LogP contribution in [-0.2, 0) is 0 Å². The highest BCUT2D eigenvalue weighted by molar-refractivity contribution is 5.95. The molecular formula is C16H14N4O3. The Morgan fingerprint density at radius 2 is 1.96 bits per heavy atom. The van der Waals surface area contributed by atoms with Gasteiger partial charge < -0.3 is 5.73 Å². The molecule has 0 unspecified atom stereocenters. The number of nitro benzene ring substituents is 1. The maximum absolute atomic E-state index is 11.7. The molecule has 0 aromatic heterocycles. The number of non-ortho nitro benzene ring substituents is 1. The Labute approximate surface area is 132 Å². The molecule has 3 N–H and O–H groups in total. The Morgan fingerprint density at radius 1 is 1.22 bits per heavy atom. The van der Waals surface area contributed by atoms with Gasteiger partial charge >= 0.3 is 0 Å². The minimum absolute atomic E-state index is 0.0146. The number of hydrogen-bond acceptors (Lipinski definition) is 5. The first-order valence-corrected chi connectivity index (χ1v) is 6.66. The van der Waals surface area contributed by atoms with Crippen LogP contribution in [0, 0.1) is 10.1 Å². The summed E-state index contributed by atoms with van der Waals surface area (Å²) in [6.45, 7) is 0. The third kappa shape index (κ3) is 4.78. The number of hydrazone groups is 1. The molecule has 0 fully saturated rings. The van der Waals surface area contributed by atoms with Gasteiger partial charge in [0.15, 0.2) is 0 Å². The number of rotatable bonds is 5. The van der Waals surface area contributed by atoms with E-state index in [1.54, 1.807) is 48.6 Å². The van der Waals surface area contributed by atoms with E-state index in [0.717, 1.165) is 0 Å². The molecule has 2 aromatic carbocycles. The average Bonchev–Trinajstić information content (AvgIpc) is 2.55. The van der Waals surface area contributed by atoms with Crippen molar-refractivity contribution in [1.29, 1.82) is 0 Å². The number of nitrogens with zero attached hydrogens (tertiary/aromatic N) is 2. The highest BCUT2D eigenvalue weighted by Gasteiger charge is 2.03. The van der Waals surface area contributed by atoms with Crippen molar-refractivity contribution in [3.05, 3.63) is 75.8 Å². The van der Waals surface area contributed by atoms with Gasteiger partial charge in [-0.2, -0.15) is 5.10 Å². The van der Waals surface area contributed by atoms with E-state index in [0.29, 0.717) is 16.8 Å². The van der Waals surface area contributed by atoms with Crippen molar-refractivity contribution in [2.75, 3.05) is 5.73 Å². The Morgan fingerprint density at radius 3 is 2.65 bits per heavy atom. The molecule has 0 atom stereocenters. The molecule has 2 rings (SSSR count). The molecule has 0 saturated heterocycles. The standard InChI is InChI=1S/C16H14N4O3/c17-14-8-6-13(7-9-14)16(21)19-18-10-2-4-12-3-1-5-15(11-12)20(22)23/h1-11H,17H2,(H,19,21)/b4-2+,18-10-. The van der Waals surface area contributed by atoms with Crippen LogP contribution in [0.4, 0.5) is 11.4 Å². The maximum Gasteiger partial charge on any atom is 0.271 e. The highest BCUT2D eigenvalue weighted by Crippen LogP contribution is 2.13. The molecule has 0 aliphatic rings. The Kier molecular flexibility index (Phi) is 5.19. The molecule has 7 nitrogen and oxygen atoms in total. The third-order valence-electron chi connectivity index (χ3n) is 2.87. The lowest BCUT2D eigenvalue weighted by molar-refractivity contribution is -0.384. The SMILES string of the molecule is Nc1ccc(C(=O)N/N=C\C=C\c2cccc([N+](=O)[O-])c2)cc1. The predicted molar refractivity (Wildman–Crippen MR) is 88.9 cm³/mol. The van der Waals surface area contributed by atoms with Gasteiger partial charge in [0.1, 0.15) is 0 Å². The van der Waals surface area contributed by atoms with Crippen molar-refractivity contribution in [3.63, 3.8) is 0 Å². The Bertz CT molecular complexity index is 767. The number of carbonyl (C=O) groups excluding carboxylic acids is 1. The minimum Gasteiger partial charge on any atom is -0.399 e. The Balaban J connectivity index is 1.91. The normalized spacial score (nSPS) is 11.0. The fourth-order valence-electron chi connectivity index (χ4n) is 1.73. The van der Waals surface area contributed by atoms with Crippen LogP contribution in [0.3, 0.4) is 0 Å². The monoisotopic (exact) mass is 310 g/mol. The third-order valence-corrected chi connectivity index (χ3v) is 2.87. The van der Waals surface area contributed by atoms with Gasteiger partial charge in [-0.05, 0) is 35.9 Å². The first-order valence-electron chi connectivity index (χ1n) is 6.66. The van der Waals surface area contributed by atoms with Gasteiger partial charge in [0.25, 0.3) is 11.6 Å². The van der Waals surface area contributed by atoms with Gasteiger partial charge in [0.2, 0.25) is 0 Å². The van der Waals surface area contributed by atoms with E-state index in [4.69, 9.17) is 5.73 Å². The van der Waals surface area contributed by atoms with Crippen molar-refractivity contribution < 1.29 is 9.72 Å². The molecule has 0 aliphatic carbocycles. The predicted octanol–water partition coefficient (Wildman–Crippen LogP) is 2.61. The largest absolute Gasteiger partial charge is 0.399 e. The molecule has 0 saturated carbocycles. The summed E-state index contributed by atoms with van der Waals surface area (Å²) in [4.78, 5) is 21.9. The number of nitrogens with one attached hydrogen (secondary N) is 1. The summed E-state index contributed by atoms with van der Waals surface area (Å²) in [5.74, 6) is -0.356. The second-order valence-corrected chi connectivity index (χ2v) is 4.55. The summed E-state index contributed by atoms with van der Waals surface area (Å²) in [5.41, 5.74) is 9.60. The smallest absolute Gasteiger partial charge is 0.271 e. The van der Waals surface area contributed by atoms with E-state index >= 15 is 0 Å². The number of nitrogens with two attached hydrogens (primary N) is 1. The van der Waals surface area contributed by atoms with Crippen LogP contribution < -0.4 is 11.2 Å². The molecule has 0 heterocycles. The molecule has 0 aliphatic heterocycles. The van der Waals surface area contributed by atoms with Crippen LogP contribution in [0.25, 0.3) is 6.08 Å². The number of amides is 1. The van der Waals surface area contributed by atoms with Gasteiger partial charge in [-0.25, -0.2) is 5.43 Å². The number of nitro groups is 1. The summed E-state index contributed by atoms with van der Waals surface area (Å²) >= 11 is 0. The molecule has 0 radical (unpaired) electrons. The van der Waals surface area contributed by atoms with Gasteiger partial charge in [0, 0.05) is 29.6 Å². The fraction of sp³-hybridized carbons (Fsp3) is 0. The number of hydrogen-bond donors (Lipinski definition) is 2. The van der Waals surface area contributed by atoms with Gasteiger partial charge in [0.05, 0.1) is 4.92 Å². The lowest BCUT2D eigenvalue weighted by atomic mass is 10.2. The van der Waals surface area contributed by atoms with E-state index in [-0.39, 0.29) is 11.6 Å². The summed E-state index contributed by atoms with van der Waals surface area (Å²) in [5, 5.41) is 14.4. The number of benzene rings is 2. The lowest BCUT2D eigenvalue weighted by Gasteiger charge is -1.99. The molecule has 0 bridgehead atoms. The minimum atomic E-state index is -0.460. The van der Waals surface area contributed by atoms with Crippen LogP contribution in [0.15, 0.2) is 59.7 Å². The van der Waals surface area contributed by atoms with Gasteiger partial charge in [-0.1, -0.05) is 18.2 Å². The second-order valence-electron chi connectivity index (χ2n) is 4.55. The summed E-state index contributed by atoms with van der Waals surface area (Å²) in [6.07, 6.45) is 4.60. The van der Waals surface area contributed by atoms with Crippen LogP contribution in [0.5, 0.6) is 0 Å². The van der Waals surface area contributed by atoms with Crippen molar-refractivity contribution in [3.8, 4) is 0 Å². The van der Waals surface area contributed by atoms with Crippen LogP contribution in [0.1, 0.15) is 15.9 Å². The van der Waals surface area contributed by atoms with Crippen molar-refractivity contribution in [1.82, 2.24) is 5.43 Å². The number of carbonyl (C=O) groups is 1. The highest BCUT2D eigenvalue weighted by atomic mass is 16.6. The zero-order chi connectivity index (χ0) is 16.7. The van der Waals surface area contributed by atoms with Crippen LogP contribution in [-0.4, -0.2) is 17.0 Å². The van der Waals surface area contributed by atoms with Crippen LogP contribution >= 0.6 is 0 Å². The van der Waals surface area contributed by atoms with Crippen LogP contribution in [0.2, 0.25) is 0 Å². The van der Waals surface area contributed by atoms with E-state index < -0.39 is 4.92 Å². The molecule has 116 valence electrons. The lowest BCUT2D eigenvalue weighted by Crippen LogP contribution is -2.17. The van der Waals surface area contributed by atoms with Gasteiger partial charge in [-0.3, -0.25) is 14.9 Å². The average molecular weight is 310 g/mol. The summed E-state index contributed by atoms with van der Waals surface area (Å²) in [7, 11) is 0. The zero-order valence-corrected chi connectivity index (χ0v) is 12.0. The molecule has 1 amide bonds. The van der Waals surface area contributed by atoms with Crippen molar-refractivity contribution in [2.24, 2.45) is 5.10 Å². The summed E-state index contributed by atoms with van der Waals surface area (Å²) in [6, 6.07) is 12.6. The molecule has 2 aromatic rings. The van der Waals surface area contributed by atoms with E-state index in [9.17, 15) is 14.9 Å². The maximum atomic E-state index is 11.7. The molecular weight excluding hydrogens is 296 g/mol. The van der Waals surface area contributed by atoms with Gasteiger partial charge in [-0.15, -0.1) is 0 Å². The fourth-order valence-corrected chi connectivity index (χ4v) is 1.73. The van der Waals surface area contributed by atoms with Crippen molar-refractivity contribution in [2.45, 2.75) is 0 Å². The zero-order valence-electron chi connectivity index (χ0n) is 12.0. The topological polar surface area (TPSA) is 111 Å².